The Hall–Kier alpha value is -0.530. The van der Waals surface area contributed by atoms with Crippen LogP contribution in [0.1, 0.15) is 39.0 Å². The Bertz CT molecular complexity index is 188. The average Bonchev–Trinajstić information content (AvgIpc) is 2.11. The van der Waals surface area contributed by atoms with Gasteiger partial charge in [-0.1, -0.05) is 12.8 Å². The molecule has 68 valence electrons. The first-order valence-electron chi connectivity index (χ1n) is 4.96. The van der Waals surface area contributed by atoms with E-state index in [0.717, 1.165) is 25.2 Å². The number of esters is 1. The fourth-order valence-electron chi connectivity index (χ4n) is 2.53. The zero-order valence-corrected chi connectivity index (χ0v) is 7.58. The maximum Gasteiger partial charge on any atom is 0.309 e. The van der Waals surface area contributed by atoms with Crippen molar-refractivity contribution in [3.05, 3.63) is 0 Å². The second-order valence-electron chi connectivity index (χ2n) is 4.21. The number of ether oxygens (including phenoxy) is 1. The van der Waals surface area contributed by atoms with E-state index in [1.54, 1.807) is 0 Å². The third kappa shape index (κ3) is 1.47. The van der Waals surface area contributed by atoms with Crippen LogP contribution in [-0.2, 0) is 9.53 Å². The van der Waals surface area contributed by atoms with Gasteiger partial charge in [-0.3, -0.25) is 4.79 Å². The fraction of sp³-hybridized carbons (Fsp3) is 0.900. The van der Waals surface area contributed by atoms with Gasteiger partial charge in [0.05, 0.1) is 12.0 Å². The summed E-state index contributed by atoms with van der Waals surface area (Å²) in [5, 5.41) is 0. The number of hydrogen-bond donors (Lipinski definition) is 0. The number of rotatable bonds is 0. The lowest BCUT2D eigenvalue weighted by Gasteiger charge is -2.23. The van der Waals surface area contributed by atoms with Crippen LogP contribution in [0.4, 0.5) is 0 Å². The minimum atomic E-state index is 0.0599. The Balaban J connectivity index is 2.10. The van der Waals surface area contributed by atoms with Crippen molar-refractivity contribution in [1.82, 2.24) is 0 Å². The molecule has 2 heteroatoms. The molecule has 1 saturated carbocycles. The van der Waals surface area contributed by atoms with Gasteiger partial charge >= 0.3 is 5.97 Å². The summed E-state index contributed by atoms with van der Waals surface area (Å²) in [5.41, 5.74) is 0. The Labute approximate surface area is 73.3 Å². The molecule has 0 aromatic carbocycles. The van der Waals surface area contributed by atoms with E-state index < -0.39 is 0 Å². The summed E-state index contributed by atoms with van der Waals surface area (Å²) >= 11 is 0. The normalized spacial score (nSPS) is 41.8. The van der Waals surface area contributed by atoms with Gasteiger partial charge in [0.15, 0.2) is 0 Å². The fourth-order valence-corrected chi connectivity index (χ4v) is 2.53. The largest absolute Gasteiger partial charge is 0.462 e. The molecule has 0 amide bonds. The topological polar surface area (TPSA) is 26.3 Å². The molecule has 3 unspecified atom stereocenters. The van der Waals surface area contributed by atoms with Crippen LogP contribution in [0.2, 0.25) is 0 Å². The highest BCUT2D eigenvalue weighted by atomic mass is 16.5. The highest BCUT2D eigenvalue weighted by molar-refractivity contribution is 5.73. The molecule has 3 atom stereocenters. The predicted molar refractivity (Wildman–Crippen MR) is 45.6 cm³/mol. The Morgan fingerprint density at radius 2 is 2.17 bits per heavy atom. The summed E-state index contributed by atoms with van der Waals surface area (Å²) < 4.78 is 5.29. The molecule has 2 aliphatic rings. The van der Waals surface area contributed by atoms with Gasteiger partial charge in [-0.25, -0.2) is 0 Å². The molecule has 0 N–H and O–H groups in total. The van der Waals surface area contributed by atoms with E-state index in [2.05, 4.69) is 0 Å². The summed E-state index contributed by atoms with van der Waals surface area (Å²) in [4.78, 5) is 11.4. The van der Waals surface area contributed by atoms with Crippen molar-refractivity contribution in [1.29, 1.82) is 0 Å². The molecule has 1 aliphatic carbocycles. The molecule has 0 spiro atoms. The predicted octanol–water partition coefficient (Wildman–Crippen LogP) is 2.13. The van der Waals surface area contributed by atoms with Crippen LogP contribution >= 0.6 is 0 Å². The molecule has 2 rings (SSSR count). The number of hydrogen-bond acceptors (Lipinski definition) is 2. The number of cyclic esters (lactones) is 1. The van der Waals surface area contributed by atoms with Gasteiger partial charge in [0, 0.05) is 0 Å². The maximum absolute atomic E-state index is 11.4. The minimum Gasteiger partial charge on any atom is -0.462 e. The van der Waals surface area contributed by atoms with Crippen LogP contribution in [0.3, 0.4) is 0 Å². The van der Waals surface area contributed by atoms with Crippen LogP contribution < -0.4 is 0 Å². The van der Waals surface area contributed by atoms with Crippen LogP contribution in [0.5, 0.6) is 0 Å². The molecule has 1 aliphatic heterocycles. The van der Waals surface area contributed by atoms with Gasteiger partial charge in [0.1, 0.15) is 0 Å². The molecule has 2 fully saturated rings. The monoisotopic (exact) mass is 168 g/mol. The standard InChI is InChI=1S/C10H16O2/c1-7-5-8-3-2-4-9(6-8)10(11)12-7/h7-9H,2-6H2,1H3. The smallest absolute Gasteiger partial charge is 0.309 e. The van der Waals surface area contributed by atoms with Crippen molar-refractivity contribution in [2.45, 2.75) is 45.1 Å². The summed E-state index contributed by atoms with van der Waals surface area (Å²) in [5.74, 6) is 1.04. The van der Waals surface area contributed by atoms with Crippen LogP contribution in [0.15, 0.2) is 0 Å². The van der Waals surface area contributed by atoms with Crippen molar-refractivity contribution >= 4 is 5.97 Å². The highest BCUT2D eigenvalue weighted by Crippen LogP contribution is 2.35. The summed E-state index contributed by atoms with van der Waals surface area (Å²) in [6.07, 6.45) is 5.91. The zero-order valence-electron chi connectivity index (χ0n) is 7.58. The molecule has 0 aromatic rings. The quantitative estimate of drug-likeness (QED) is 0.518. The van der Waals surface area contributed by atoms with Gasteiger partial charge in [0.2, 0.25) is 0 Å². The van der Waals surface area contributed by atoms with E-state index in [9.17, 15) is 4.79 Å². The lowest BCUT2D eigenvalue weighted by atomic mass is 9.80. The van der Waals surface area contributed by atoms with Gasteiger partial charge < -0.3 is 4.74 Å². The Morgan fingerprint density at radius 1 is 1.33 bits per heavy atom. The Kier molecular flexibility index (Phi) is 2.07. The van der Waals surface area contributed by atoms with E-state index >= 15 is 0 Å². The van der Waals surface area contributed by atoms with E-state index in [1.165, 1.54) is 12.8 Å². The lowest BCUT2D eigenvalue weighted by Crippen LogP contribution is -2.20. The molecular weight excluding hydrogens is 152 g/mol. The number of fused-ring (bicyclic) bond motifs is 2. The van der Waals surface area contributed by atoms with Gasteiger partial charge in [0.25, 0.3) is 0 Å². The number of carbonyl (C=O) groups is 1. The molecule has 2 nitrogen and oxygen atoms in total. The Morgan fingerprint density at radius 3 is 3.00 bits per heavy atom. The van der Waals surface area contributed by atoms with E-state index in [-0.39, 0.29) is 18.0 Å². The molecule has 0 radical (unpaired) electrons. The SMILES string of the molecule is CC1CC2CCCC(C2)C(=O)O1. The molecule has 0 aromatic heterocycles. The first-order chi connectivity index (χ1) is 5.75. The van der Waals surface area contributed by atoms with Gasteiger partial charge in [-0.15, -0.1) is 0 Å². The average molecular weight is 168 g/mol. The van der Waals surface area contributed by atoms with Gasteiger partial charge in [-0.05, 0) is 32.1 Å². The molecular formula is C10H16O2. The van der Waals surface area contributed by atoms with E-state index in [0.29, 0.717) is 0 Å². The number of carbonyl (C=O) groups excluding carboxylic acids is 1. The first kappa shape index (κ1) is 8.09. The third-order valence-electron chi connectivity index (χ3n) is 3.10. The van der Waals surface area contributed by atoms with Crippen molar-refractivity contribution in [3.8, 4) is 0 Å². The maximum atomic E-state index is 11.4. The second kappa shape index (κ2) is 3.08. The first-order valence-corrected chi connectivity index (χ1v) is 4.96. The summed E-state index contributed by atoms with van der Waals surface area (Å²) in [6, 6.07) is 0. The van der Waals surface area contributed by atoms with Gasteiger partial charge in [-0.2, -0.15) is 0 Å². The van der Waals surface area contributed by atoms with Crippen LogP contribution in [0, 0.1) is 11.8 Å². The molecule has 12 heavy (non-hydrogen) atoms. The van der Waals surface area contributed by atoms with Crippen molar-refractivity contribution in [2.24, 2.45) is 11.8 Å². The van der Waals surface area contributed by atoms with E-state index in [4.69, 9.17) is 4.74 Å². The minimum absolute atomic E-state index is 0.0599. The second-order valence-corrected chi connectivity index (χ2v) is 4.21. The zero-order chi connectivity index (χ0) is 8.55. The lowest BCUT2D eigenvalue weighted by molar-refractivity contribution is -0.152. The molecule has 2 bridgehead atoms. The van der Waals surface area contributed by atoms with Crippen LogP contribution in [0.25, 0.3) is 0 Å². The highest BCUT2D eigenvalue weighted by Gasteiger charge is 2.33. The van der Waals surface area contributed by atoms with Crippen molar-refractivity contribution < 1.29 is 9.53 Å². The van der Waals surface area contributed by atoms with Crippen molar-refractivity contribution in [3.63, 3.8) is 0 Å². The van der Waals surface area contributed by atoms with Crippen LogP contribution in [-0.4, -0.2) is 12.1 Å². The summed E-state index contributed by atoms with van der Waals surface area (Å²) in [7, 11) is 0. The molecule has 1 saturated heterocycles. The molecule has 1 heterocycles. The third-order valence-corrected chi connectivity index (χ3v) is 3.10. The summed E-state index contributed by atoms with van der Waals surface area (Å²) in [6.45, 7) is 2.01. The van der Waals surface area contributed by atoms with Crippen molar-refractivity contribution in [2.75, 3.05) is 0 Å². The van der Waals surface area contributed by atoms with E-state index in [1.807, 2.05) is 6.92 Å².